The van der Waals surface area contributed by atoms with E-state index in [1.54, 1.807) is 6.92 Å². The number of rotatable bonds is 8. The van der Waals surface area contributed by atoms with Gasteiger partial charge in [0.05, 0.1) is 12.7 Å². The van der Waals surface area contributed by atoms with Crippen LogP contribution in [0.4, 0.5) is 0 Å². The first kappa shape index (κ1) is 13.7. The van der Waals surface area contributed by atoms with E-state index in [4.69, 9.17) is 16.3 Å². The number of carbonyl (C=O) groups is 1. The third-order valence-corrected chi connectivity index (χ3v) is 2.13. The maximum absolute atomic E-state index is 10.9. The number of carbonyl (C=O) groups excluding carboxylic acids is 1. The highest BCUT2D eigenvalue weighted by Crippen LogP contribution is 2.07. The van der Waals surface area contributed by atoms with Gasteiger partial charge in [0.1, 0.15) is 0 Å². The minimum Gasteiger partial charge on any atom is -0.466 e. The summed E-state index contributed by atoms with van der Waals surface area (Å²) in [4.78, 5) is 10.9. The van der Waals surface area contributed by atoms with Gasteiger partial charge in [-0.15, -0.1) is 11.6 Å². The van der Waals surface area contributed by atoms with Crippen molar-refractivity contribution in [3.05, 3.63) is 0 Å². The van der Waals surface area contributed by atoms with Gasteiger partial charge in [-0.05, 0) is 26.2 Å². The zero-order chi connectivity index (χ0) is 10.8. The molecule has 0 bridgehead atoms. The summed E-state index contributed by atoms with van der Waals surface area (Å²) in [6, 6.07) is 0. The van der Waals surface area contributed by atoms with E-state index < -0.39 is 0 Å². The highest BCUT2D eigenvalue weighted by molar-refractivity contribution is 6.17. The van der Waals surface area contributed by atoms with Gasteiger partial charge in [-0.3, -0.25) is 4.79 Å². The van der Waals surface area contributed by atoms with Crippen molar-refractivity contribution in [1.82, 2.24) is 0 Å². The summed E-state index contributed by atoms with van der Waals surface area (Å²) in [5.41, 5.74) is 0. The van der Waals surface area contributed by atoms with Crippen LogP contribution in [-0.4, -0.2) is 29.7 Å². The summed E-state index contributed by atoms with van der Waals surface area (Å²) in [5.74, 6) is 0.332. The third kappa shape index (κ3) is 8.32. The predicted octanol–water partition coefficient (Wildman–Crippen LogP) is 2.10. The van der Waals surface area contributed by atoms with E-state index in [0.29, 0.717) is 31.7 Å². The summed E-state index contributed by atoms with van der Waals surface area (Å²) >= 11 is 5.47. The Kier molecular flexibility index (Phi) is 9.10. The second kappa shape index (κ2) is 9.28. The zero-order valence-corrected chi connectivity index (χ0v) is 9.42. The first-order valence-corrected chi connectivity index (χ1v) is 5.63. The Balaban J connectivity index is 3.24. The van der Waals surface area contributed by atoms with Crippen LogP contribution >= 0.6 is 11.6 Å². The lowest BCUT2D eigenvalue weighted by Gasteiger charge is -2.07. The van der Waals surface area contributed by atoms with Crippen molar-refractivity contribution in [3.63, 3.8) is 0 Å². The highest BCUT2D eigenvalue weighted by Gasteiger charge is 2.04. The van der Waals surface area contributed by atoms with Gasteiger partial charge in [0.2, 0.25) is 0 Å². The third-order valence-electron chi connectivity index (χ3n) is 1.92. The Bertz CT molecular complexity index is 150. The van der Waals surface area contributed by atoms with E-state index in [-0.39, 0.29) is 12.1 Å². The van der Waals surface area contributed by atoms with Crippen LogP contribution in [0.3, 0.4) is 0 Å². The average molecular weight is 223 g/mol. The molecule has 0 aliphatic heterocycles. The number of hydrogen-bond donors (Lipinski definition) is 1. The predicted molar refractivity (Wildman–Crippen MR) is 56.4 cm³/mol. The number of unbranched alkanes of at least 4 members (excludes halogenated alkanes) is 1. The molecule has 0 aromatic heterocycles. The van der Waals surface area contributed by atoms with E-state index in [0.717, 1.165) is 12.8 Å². The Morgan fingerprint density at radius 2 is 2.14 bits per heavy atom. The number of aliphatic hydroxyl groups excluding tert-OH is 1. The molecule has 84 valence electrons. The molecule has 0 unspecified atom stereocenters. The Labute approximate surface area is 90.4 Å². The normalized spacial score (nSPS) is 12.5. The molecule has 0 aromatic rings. The molecule has 0 saturated heterocycles. The Morgan fingerprint density at radius 1 is 1.43 bits per heavy atom. The Hall–Kier alpha value is -0.280. The fourth-order valence-corrected chi connectivity index (χ4v) is 1.40. The topological polar surface area (TPSA) is 46.5 Å². The molecule has 0 rings (SSSR count). The molecular weight excluding hydrogens is 204 g/mol. The number of halogens is 1. The lowest BCUT2D eigenvalue weighted by atomic mass is 10.1. The molecule has 0 amide bonds. The summed E-state index contributed by atoms with van der Waals surface area (Å²) in [6.45, 7) is 2.23. The van der Waals surface area contributed by atoms with Crippen LogP contribution in [0.2, 0.25) is 0 Å². The minimum absolute atomic E-state index is 0.153. The van der Waals surface area contributed by atoms with Gasteiger partial charge in [0.15, 0.2) is 0 Å². The van der Waals surface area contributed by atoms with Crippen molar-refractivity contribution >= 4 is 17.6 Å². The fraction of sp³-hybridized carbons (Fsp3) is 0.900. The zero-order valence-electron chi connectivity index (χ0n) is 8.67. The van der Waals surface area contributed by atoms with Crippen LogP contribution in [-0.2, 0) is 9.53 Å². The van der Waals surface area contributed by atoms with Crippen molar-refractivity contribution in [2.45, 2.75) is 45.1 Å². The van der Waals surface area contributed by atoms with Crippen LogP contribution in [0.15, 0.2) is 0 Å². The minimum atomic E-state index is -0.324. The largest absolute Gasteiger partial charge is 0.466 e. The summed E-state index contributed by atoms with van der Waals surface area (Å²) < 4.78 is 4.77. The number of hydrogen-bond acceptors (Lipinski definition) is 3. The molecule has 0 aromatic carbocycles. The van der Waals surface area contributed by atoms with Crippen molar-refractivity contribution in [2.75, 3.05) is 12.5 Å². The standard InChI is InChI=1S/C10H19ClO3/c1-2-14-10(13)6-4-3-5-9(12)7-8-11/h9,12H,2-8H2,1H3/t9-/m0/s1. The first-order chi connectivity index (χ1) is 6.70. The van der Waals surface area contributed by atoms with E-state index in [1.165, 1.54) is 0 Å². The molecule has 14 heavy (non-hydrogen) atoms. The average Bonchev–Trinajstić information content (AvgIpc) is 2.13. The number of alkyl halides is 1. The monoisotopic (exact) mass is 222 g/mol. The summed E-state index contributed by atoms with van der Waals surface area (Å²) in [7, 11) is 0. The molecule has 4 heteroatoms. The van der Waals surface area contributed by atoms with Crippen LogP contribution in [0.5, 0.6) is 0 Å². The molecule has 3 nitrogen and oxygen atoms in total. The van der Waals surface area contributed by atoms with Crippen LogP contribution < -0.4 is 0 Å². The van der Waals surface area contributed by atoms with E-state index in [1.807, 2.05) is 0 Å². The second-order valence-electron chi connectivity index (χ2n) is 3.18. The van der Waals surface area contributed by atoms with Crippen molar-refractivity contribution < 1.29 is 14.6 Å². The summed E-state index contributed by atoms with van der Waals surface area (Å²) in [6.07, 6.45) is 3.08. The molecule has 0 fully saturated rings. The molecule has 1 N–H and O–H groups in total. The van der Waals surface area contributed by atoms with Crippen molar-refractivity contribution in [1.29, 1.82) is 0 Å². The van der Waals surface area contributed by atoms with Crippen molar-refractivity contribution in [2.24, 2.45) is 0 Å². The van der Waals surface area contributed by atoms with Gasteiger partial charge in [-0.2, -0.15) is 0 Å². The van der Waals surface area contributed by atoms with Crippen LogP contribution in [0.1, 0.15) is 39.0 Å². The van der Waals surface area contributed by atoms with Gasteiger partial charge in [0.25, 0.3) is 0 Å². The molecule has 0 spiro atoms. The van der Waals surface area contributed by atoms with Gasteiger partial charge in [-0.1, -0.05) is 6.42 Å². The van der Waals surface area contributed by atoms with E-state index in [9.17, 15) is 9.90 Å². The molecule has 0 radical (unpaired) electrons. The lowest BCUT2D eigenvalue weighted by molar-refractivity contribution is -0.143. The Morgan fingerprint density at radius 3 is 2.71 bits per heavy atom. The molecule has 0 aliphatic rings. The smallest absolute Gasteiger partial charge is 0.305 e. The van der Waals surface area contributed by atoms with Crippen molar-refractivity contribution in [3.8, 4) is 0 Å². The number of esters is 1. The van der Waals surface area contributed by atoms with E-state index in [2.05, 4.69) is 0 Å². The second-order valence-corrected chi connectivity index (χ2v) is 3.56. The molecule has 0 aliphatic carbocycles. The van der Waals surface area contributed by atoms with Gasteiger partial charge in [-0.25, -0.2) is 0 Å². The fourth-order valence-electron chi connectivity index (χ4n) is 1.15. The maximum atomic E-state index is 10.9. The first-order valence-electron chi connectivity index (χ1n) is 5.10. The summed E-state index contributed by atoms with van der Waals surface area (Å²) in [5, 5.41) is 9.32. The highest BCUT2D eigenvalue weighted by atomic mass is 35.5. The SMILES string of the molecule is CCOC(=O)CCCC[C@H](O)CCCl. The quantitative estimate of drug-likeness (QED) is 0.389. The molecule has 0 saturated carbocycles. The van der Waals surface area contributed by atoms with Gasteiger partial charge < -0.3 is 9.84 Å². The molecule has 1 atom stereocenters. The van der Waals surface area contributed by atoms with Crippen LogP contribution in [0.25, 0.3) is 0 Å². The molecule has 0 heterocycles. The number of ether oxygens (including phenoxy) is 1. The van der Waals surface area contributed by atoms with Gasteiger partial charge >= 0.3 is 5.97 Å². The van der Waals surface area contributed by atoms with Gasteiger partial charge in [0, 0.05) is 12.3 Å². The van der Waals surface area contributed by atoms with Crippen LogP contribution in [0, 0.1) is 0 Å². The maximum Gasteiger partial charge on any atom is 0.305 e. The molecular formula is C10H19ClO3. The lowest BCUT2D eigenvalue weighted by Crippen LogP contribution is -2.08. The number of aliphatic hydroxyl groups is 1. The van der Waals surface area contributed by atoms with E-state index >= 15 is 0 Å².